The predicted molar refractivity (Wildman–Crippen MR) is 86.3 cm³/mol. The molecule has 0 aromatic carbocycles. The Morgan fingerprint density at radius 1 is 1.29 bits per heavy atom. The van der Waals surface area contributed by atoms with Crippen molar-refractivity contribution in [2.45, 2.75) is 52.5 Å². The van der Waals surface area contributed by atoms with Crippen molar-refractivity contribution in [3.8, 4) is 0 Å². The van der Waals surface area contributed by atoms with Gasteiger partial charge in [-0.3, -0.25) is 9.67 Å². The van der Waals surface area contributed by atoms with Crippen LogP contribution in [-0.4, -0.2) is 20.8 Å². The van der Waals surface area contributed by atoms with Crippen molar-refractivity contribution >= 4 is 0 Å². The molecule has 0 radical (unpaired) electrons. The van der Waals surface area contributed by atoms with Gasteiger partial charge < -0.3 is 5.73 Å². The lowest BCUT2D eigenvalue weighted by Gasteiger charge is -2.11. The van der Waals surface area contributed by atoms with Crippen LogP contribution in [0.3, 0.4) is 0 Å². The van der Waals surface area contributed by atoms with E-state index in [0.29, 0.717) is 0 Å². The van der Waals surface area contributed by atoms with E-state index >= 15 is 0 Å². The van der Waals surface area contributed by atoms with E-state index in [0.717, 1.165) is 37.1 Å². The van der Waals surface area contributed by atoms with Crippen molar-refractivity contribution in [3.63, 3.8) is 0 Å². The zero-order valence-corrected chi connectivity index (χ0v) is 13.6. The number of aryl methyl sites for hydroxylation is 3. The van der Waals surface area contributed by atoms with E-state index in [9.17, 15) is 0 Å². The second kappa shape index (κ2) is 6.85. The summed E-state index contributed by atoms with van der Waals surface area (Å²) in [6.07, 6.45) is 5.77. The molecule has 0 spiro atoms. The van der Waals surface area contributed by atoms with Gasteiger partial charge >= 0.3 is 0 Å². The van der Waals surface area contributed by atoms with Crippen molar-refractivity contribution in [3.05, 3.63) is 46.5 Å². The molecule has 0 amide bonds. The molecule has 0 aliphatic rings. The smallest absolute Gasteiger partial charge is 0.0628 e. The number of pyridine rings is 1. The predicted octanol–water partition coefficient (Wildman–Crippen LogP) is 2.50. The van der Waals surface area contributed by atoms with Crippen LogP contribution in [-0.2, 0) is 26.3 Å². The van der Waals surface area contributed by atoms with Crippen LogP contribution in [0, 0.1) is 13.8 Å². The maximum absolute atomic E-state index is 6.26. The Hall–Kier alpha value is -1.68. The zero-order valence-electron chi connectivity index (χ0n) is 13.6. The van der Waals surface area contributed by atoms with Crippen molar-refractivity contribution in [1.82, 2.24) is 14.8 Å². The van der Waals surface area contributed by atoms with Gasteiger partial charge in [-0.2, -0.15) is 5.10 Å². The molecule has 2 heterocycles. The Kier molecular flexibility index (Phi) is 5.12. The molecule has 114 valence electrons. The van der Waals surface area contributed by atoms with Crippen molar-refractivity contribution < 1.29 is 0 Å². The summed E-state index contributed by atoms with van der Waals surface area (Å²) in [6, 6.07) is 4.38. The third-order valence-electron chi connectivity index (χ3n) is 4.19. The number of nitrogens with zero attached hydrogens (tertiary/aromatic N) is 3. The first-order valence-corrected chi connectivity index (χ1v) is 7.69. The average molecular weight is 286 g/mol. The molecule has 2 rings (SSSR count). The van der Waals surface area contributed by atoms with Crippen LogP contribution in [0.4, 0.5) is 0 Å². The van der Waals surface area contributed by atoms with E-state index in [1.54, 1.807) is 0 Å². The maximum Gasteiger partial charge on any atom is 0.0628 e. The monoisotopic (exact) mass is 286 g/mol. The fourth-order valence-electron chi connectivity index (χ4n) is 2.66. The average Bonchev–Trinajstić information content (AvgIpc) is 2.71. The quantitative estimate of drug-likeness (QED) is 0.887. The summed E-state index contributed by atoms with van der Waals surface area (Å²) in [5.41, 5.74) is 12.3. The molecule has 0 saturated heterocycles. The molecule has 0 bridgehead atoms. The molecule has 2 aromatic heterocycles. The lowest BCUT2D eigenvalue weighted by atomic mass is 10.0. The van der Waals surface area contributed by atoms with E-state index in [1.165, 1.54) is 16.8 Å². The maximum atomic E-state index is 6.26. The van der Waals surface area contributed by atoms with Crippen LogP contribution in [0.2, 0.25) is 0 Å². The van der Waals surface area contributed by atoms with Gasteiger partial charge in [-0.25, -0.2) is 0 Å². The van der Waals surface area contributed by atoms with Crippen LogP contribution in [0.25, 0.3) is 0 Å². The Morgan fingerprint density at radius 3 is 2.57 bits per heavy atom. The van der Waals surface area contributed by atoms with Crippen molar-refractivity contribution in [2.24, 2.45) is 12.8 Å². The number of hydrogen-bond donors (Lipinski definition) is 1. The molecule has 21 heavy (non-hydrogen) atoms. The normalized spacial score (nSPS) is 12.6. The van der Waals surface area contributed by atoms with E-state index < -0.39 is 0 Å². The van der Waals surface area contributed by atoms with Crippen LogP contribution in [0.1, 0.15) is 41.6 Å². The van der Waals surface area contributed by atoms with Crippen molar-refractivity contribution in [1.29, 1.82) is 0 Å². The minimum Gasteiger partial charge on any atom is -0.327 e. The first kappa shape index (κ1) is 15.7. The molecule has 1 unspecified atom stereocenters. The lowest BCUT2D eigenvalue weighted by molar-refractivity contribution is 0.600. The fraction of sp³-hybridized carbons (Fsp3) is 0.529. The first-order chi connectivity index (χ1) is 10.0. The Labute approximate surface area is 127 Å². The van der Waals surface area contributed by atoms with Crippen LogP contribution < -0.4 is 5.73 Å². The van der Waals surface area contributed by atoms with Crippen LogP contribution in [0.5, 0.6) is 0 Å². The van der Waals surface area contributed by atoms with Gasteiger partial charge in [0, 0.05) is 37.1 Å². The molecule has 0 saturated carbocycles. The number of nitrogens with two attached hydrogens (primary N) is 1. The summed E-state index contributed by atoms with van der Waals surface area (Å²) >= 11 is 0. The van der Waals surface area contributed by atoms with Gasteiger partial charge in [0.2, 0.25) is 0 Å². The van der Waals surface area contributed by atoms with Crippen LogP contribution in [0.15, 0.2) is 18.3 Å². The summed E-state index contributed by atoms with van der Waals surface area (Å²) in [7, 11) is 1.99. The summed E-state index contributed by atoms with van der Waals surface area (Å²) in [5, 5.41) is 4.46. The Bertz CT molecular complexity index is 584. The molecule has 1 atom stereocenters. The van der Waals surface area contributed by atoms with Gasteiger partial charge in [0.25, 0.3) is 0 Å². The lowest BCUT2D eigenvalue weighted by Crippen LogP contribution is -2.24. The third kappa shape index (κ3) is 3.91. The summed E-state index contributed by atoms with van der Waals surface area (Å²) in [6.45, 7) is 6.33. The minimum absolute atomic E-state index is 0.143. The highest BCUT2D eigenvalue weighted by Gasteiger charge is 2.12. The molecule has 0 aliphatic carbocycles. The summed E-state index contributed by atoms with van der Waals surface area (Å²) in [4.78, 5) is 4.49. The number of hydrogen-bond acceptors (Lipinski definition) is 3. The largest absolute Gasteiger partial charge is 0.327 e. The highest BCUT2D eigenvalue weighted by molar-refractivity contribution is 5.24. The van der Waals surface area contributed by atoms with Gasteiger partial charge in [-0.05, 0) is 50.3 Å². The molecular weight excluding hydrogens is 260 g/mol. The van der Waals surface area contributed by atoms with Gasteiger partial charge in [-0.15, -0.1) is 0 Å². The second-order valence-corrected chi connectivity index (χ2v) is 5.79. The van der Waals surface area contributed by atoms with E-state index in [2.05, 4.69) is 43.0 Å². The molecule has 2 N–H and O–H groups in total. The second-order valence-electron chi connectivity index (χ2n) is 5.79. The van der Waals surface area contributed by atoms with Gasteiger partial charge in [0.1, 0.15) is 0 Å². The van der Waals surface area contributed by atoms with Crippen LogP contribution >= 0.6 is 0 Å². The molecule has 0 aliphatic heterocycles. The molecule has 0 fully saturated rings. The molecule has 4 nitrogen and oxygen atoms in total. The van der Waals surface area contributed by atoms with Gasteiger partial charge in [0.05, 0.1) is 5.69 Å². The van der Waals surface area contributed by atoms with E-state index in [4.69, 9.17) is 5.73 Å². The molecule has 2 aromatic rings. The number of aromatic nitrogens is 3. The van der Waals surface area contributed by atoms with Gasteiger partial charge in [-0.1, -0.05) is 13.0 Å². The number of rotatable bonds is 6. The standard InChI is InChI=1S/C17H26N4/c1-5-14-6-8-16(19-11-14)10-15(18)7-9-17-12(2)20-21(4)13(17)3/h6,8,11,15H,5,7,9-10,18H2,1-4H3. The Morgan fingerprint density at radius 2 is 2.05 bits per heavy atom. The summed E-state index contributed by atoms with van der Waals surface area (Å²) < 4.78 is 1.95. The Balaban J connectivity index is 1.90. The van der Waals surface area contributed by atoms with Crippen molar-refractivity contribution in [2.75, 3.05) is 0 Å². The molecular formula is C17H26N4. The highest BCUT2D eigenvalue weighted by Crippen LogP contribution is 2.15. The van der Waals surface area contributed by atoms with Gasteiger partial charge in [0.15, 0.2) is 0 Å². The third-order valence-corrected chi connectivity index (χ3v) is 4.19. The topological polar surface area (TPSA) is 56.7 Å². The highest BCUT2D eigenvalue weighted by atomic mass is 15.3. The minimum atomic E-state index is 0.143. The summed E-state index contributed by atoms with van der Waals surface area (Å²) in [5.74, 6) is 0. The van der Waals surface area contributed by atoms with E-state index in [1.807, 2.05) is 17.9 Å². The molecule has 4 heteroatoms. The first-order valence-electron chi connectivity index (χ1n) is 7.69. The van der Waals surface area contributed by atoms with E-state index in [-0.39, 0.29) is 6.04 Å². The SMILES string of the molecule is CCc1ccc(CC(N)CCc2c(C)nn(C)c2C)nc1. The fourth-order valence-corrected chi connectivity index (χ4v) is 2.66. The zero-order chi connectivity index (χ0) is 15.4.